The molecule has 1 aliphatic rings. The predicted octanol–water partition coefficient (Wildman–Crippen LogP) is 0.0423. The smallest absolute Gasteiger partial charge is 0.239 e. The van der Waals surface area contributed by atoms with Crippen LogP contribution < -0.4 is 23.2 Å². The van der Waals surface area contributed by atoms with Gasteiger partial charge in [-0.25, -0.2) is 18.6 Å². The molecule has 0 amide bonds. The van der Waals surface area contributed by atoms with E-state index in [4.69, 9.17) is 30.2 Å². The van der Waals surface area contributed by atoms with E-state index in [2.05, 4.69) is 27.9 Å². The second-order valence-corrected chi connectivity index (χ2v) is 7.74. The van der Waals surface area contributed by atoms with Gasteiger partial charge in [-0.15, -0.1) is 10.2 Å². The molecule has 1 N–H and O–H groups in total. The molecule has 1 aliphatic carbocycles. The molecule has 0 saturated carbocycles. The van der Waals surface area contributed by atoms with E-state index in [1.54, 1.807) is 0 Å². The van der Waals surface area contributed by atoms with Gasteiger partial charge in [0.1, 0.15) is 0 Å². The molecule has 156 valence electrons. The SMILES string of the molecule is O/N=C1\CCCc2c(-c3ccccc3)cc[n+](-c3ccc(Cl)cc3)c21.[O-][Cl+3]([O-])([O-])[O-]. The summed E-state index contributed by atoms with van der Waals surface area (Å²) in [5.74, 6) is 0. The number of benzene rings is 2. The van der Waals surface area contributed by atoms with Crippen LogP contribution in [0.15, 0.2) is 72.0 Å². The highest BCUT2D eigenvalue weighted by Gasteiger charge is 2.30. The molecular formula is C21H18Cl2N2O5. The molecule has 2 aromatic carbocycles. The molecule has 1 aromatic heterocycles. The van der Waals surface area contributed by atoms with Gasteiger partial charge in [-0.05, 0) is 36.1 Å². The summed E-state index contributed by atoms with van der Waals surface area (Å²) in [7, 11) is -4.94. The summed E-state index contributed by atoms with van der Waals surface area (Å²) < 4.78 is 36.1. The Hall–Kier alpha value is -2.52. The Labute approximate surface area is 180 Å². The number of nitrogens with zero attached hydrogens (tertiary/aromatic N) is 2. The number of fused-ring (bicyclic) bond motifs is 1. The van der Waals surface area contributed by atoms with Crippen molar-refractivity contribution in [3.05, 3.63) is 83.1 Å². The van der Waals surface area contributed by atoms with Gasteiger partial charge in [0.15, 0.2) is 11.9 Å². The minimum absolute atomic E-state index is 0.704. The maximum Gasteiger partial charge on any atom is 0.239 e. The lowest BCUT2D eigenvalue weighted by atomic mass is 9.87. The van der Waals surface area contributed by atoms with E-state index in [9.17, 15) is 5.21 Å². The third-order valence-corrected chi connectivity index (χ3v) is 4.92. The fourth-order valence-corrected chi connectivity index (χ4v) is 3.64. The summed E-state index contributed by atoms with van der Waals surface area (Å²) in [4.78, 5) is 0. The molecular weight excluding hydrogens is 431 g/mol. The molecule has 0 fully saturated rings. The van der Waals surface area contributed by atoms with E-state index in [0.717, 1.165) is 36.4 Å². The Morgan fingerprint density at radius 2 is 1.53 bits per heavy atom. The maximum atomic E-state index is 9.57. The molecule has 3 aromatic rings. The van der Waals surface area contributed by atoms with Crippen molar-refractivity contribution in [1.82, 2.24) is 0 Å². The van der Waals surface area contributed by atoms with Crippen LogP contribution in [0.2, 0.25) is 5.02 Å². The van der Waals surface area contributed by atoms with Gasteiger partial charge in [-0.2, -0.15) is 4.57 Å². The molecule has 0 atom stereocenters. The molecule has 0 saturated heterocycles. The van der Waals surface area contributed by atoms with E-state index in [0.29, 0.717) is 5.02 Å². The van der Waals surface area contributed by atoms with Crippen LogP contribution in [0.4, 0.5) is 0 Å². The molecule has 7 nitrogen and oxygen atoms in total. The fourth-order valence-electron chi connectivity index (χ4n) is 3.52. The Morgan fingerprint density at radius 3 is 2.13 bits per heavy atom. The van der Waals surface area contributed by atoms with E-state index in [1.165, 1.54) is 16.7 Å². The van der Waals surface area contributed by atoms with Gasteiger partial charge in [0.05, 0.1) is 0 Å². The summed E-state index contributed by atoms with van der Waals surface area (Å²) in [5.41, 5.74) is 6.32. The quantitative estimate of drug-likeness (QED) is 0.336. The van der Waals surface area contributed by atoms with Gasteiger partial charge in [-0.3, -0.25) is 0 Å². The van der Waals surface area contributed by atoms with Crippen molar-refractivity contribution in [3.63, 3.8) is 0 Å². The number of aromatic nitrogens is 1. The number of halogens is 2. The number of hydrogen-bond acceptors (Lipinski definition) is 6. The van der Waals surface area contributed by atoms with Gasteiger partial charge in [0.2, 0.25) is 11.4 Å². The second kappa shape index (κ2) is 9.53. The number of hydrogen-bond donors (Lipinski definition) is 1. The lowest BCUT2D eigenvalue weighted by Gasteiger charge is -2.18. The molecule has 0 bridgehead atoms. The van der Waals surface area contributed by atoms with Crippen LogP contribution in [0.1, 0.15) is 24.1 Å². The minimum atomic E-state index is -4.94. The van der Waals surface area contributed by atoms with Crippen molar-refractivity contribution in [2.45, 2.75) is 19.3 Å². The fraction of sp³-hybridized carbons (Fsp3) is 0.143. The zero-order valence-electron chi connectivity index (χ0n) is 15.7. The predicted molar refractivity (Wildman–Crippen MR) is 99.7 cm³/mol. The third kappa shape index (κ3) is 5.54. The average molecular weight is 449 g/mol. The van der Waals surface area contributed by atoms with Crippen LogP contribution in [-0.4, -0.2) is 10.9 Å². The van der Waals surface area contributed by atoms with Crippen molar-refractivity contribution >= 4 is 17.3 Å². The summed E-state index contributed by atoms with van der Waals surface area (Å²) in [6.07, 6.45) is 4.76. The van der Waals surface area contributed by atoms with Crippen LogP contribution in [0.3, 0.4) is 0 Å². The van der Waals surface area contributed by atoms with Crippen LogP contribution in [-0.2, 0) is 6.42 Å². The Morgan fingerprint density at radius 1 is 0.900 bits per heavy atom. The lowest BCUT2D eigenvalue weighted by Crippen LogP contribution is -2.68. The Bertz CT molecular complexity index is 1030. The monoisotopic (exact) mass is 448 g/mol. The number of rotatable bonds is 2. The first-order valence-corrected chi connectivity index (χ1v) is 10.6. The summed E-state index contributed by atoms with van der Waals surface area (Å²) in [6.45, 7) is 0. The molecule has 0 aliphatic heterocycles. The van der Waals surface area contributed by atoms with Gasteiger partial charge in [0, 0.05) is 35.2 Å². The van der Waals surface area contributed by atoms with Gasteiger partial charge < -0.3 is 5.21 Å². The summed E-state index contributed by atoms with van der Waals surface area (Å²) >= 11 is 6.03. The van der Waals surface area contributed by atoms with Gasteiger partial charge in [-0.1, -0.05) is 47.1 Å². The van der Waals surface area contributed by atoms with E-state index < -0.39 is 10.2 Å². The topological polar surface area (TPSA) is 129 Å². The van der Waals surface area contributed by atoms with E-state index >= 15 is 0 Å². The summed E-state index contributed by atoms with van der Waals surface area (Å²) in [5, 5.41) is 13.9. The molecule has 0 unspecified atom stereocenters. The highest BCUT2D eigenvalue weighted by atomic mass is 35.7. The first-order valence-electron chi connectivity index (χ1n) is 9.00. The zero-order chi connectivity index (χ0) is 21.7. The summed E-state index contributed by atoms with van der Waals surface area (Å²) in [6, 6.07) is 20.2. The highest BCUT2D eigenvalue weighted by Crippen LogP contribution is 2.30. The van der Waals surface area contributed by atoms with Crippen molar-refractivity contribution in [3.8, 4) is 16.8 Å². The molecule has 0 spiro atoms. The van der Waals surface area contributed by atoms with Crippen LogP contribution in [0, 0.1) is 10.2 Å². The van der Waals surface area contributed by atoms with Gasteiger partial charge >= 0.3 is 0 Å². The van der Waals surface area contributed by atoms with E-state index in [-0.39, 0.29) is 0 Å². The van der Waals surface area contributed by atoms with Crippen molar-refractivity contribution in [2.24, 2.45) is 5.16 Å². The molecule has 9 heteroatoms. The molecule has 0 radical (unpaired) electrons. The molecule has 30 heavy (non-hydrogen) atoms. The van der Waals surface area contributed by atoms with Crippen molar-refractivity contribution in [2.75, 3.05) is 0 Å². The van der Waals surface area contributed by atoms with Crippen LogP contribution in [0.5, 0.6) is 0 Å². The zero-order valence-corrected chi connectivity index (χ0v) is 17.2. The Kier molecular flexibility index (Phi) is 7.04. The lowest BCUT2D eigenvalue weighted by molar-refractivity contribution is -2.00. The first kappa shape index (κ1) is 22.2. The van der Waals surface area contributed by atoms with E-state index in [1.807, 2.05) is 48.7 Å². The van der Waals surface area contributed by atoms with Gasteiger partial charge in [0.25, 0.3) is 0 Å². The maximum absolute atomic E-state index is 9.57. The van der Waals surface area contributed by atoms with Crippen molar-refractivity contribution < 1.29 is 38.7 Å². The van der Waals surface area contributed by atoms with Crippen LogP contribution in [0.25, 0.3) is 16.8 Å². The second-order valence-electron chi connectivity index (χ2n) is 6.55. The Balaban J connectivity index is 0.000000461. The highest BCUT2D eigenvalue weighted by molar-refractivity contribution is 6.30. The minimum Gasteiger partial charge on any atom is -0.410 e. The van der Waals surface area contributed by atoms with Crippen molar-refractivity contribution in [1.29, 1.82) is 0 Å². The standard InChI is InChI=1S/C21H17ClN2O.ClHO4/c22-16-9-11-17(12-10-16)24-14-13-18(15-5-2-1-3-6-15)19-7-4-8-20(23-25)21(19)24;2-1(3,4)5/h1-3,5-6,9-14H,4,7-8H2;(H,2,3,4,5). The normalized spacial score (nSPS) is 14.6. The largest absolute Gasteiger partial charge is 0.410 e. The average Bonchev–Trinajstić information content (AvgIpc) is 2.72. The number of oxime groups is 1. The third-order valence-electron chi connectivity index (χ3n) is 4.67. The molecule has 4 rings (SSSR count). The molecule has 1 heterocycles. The number of pyridine rings is 1. The van der Waals surface area contributed by atoms with Crippen LogP contribution >= 0.6 is 11.6 Å². The first-order chi connectivity index (χ1) is 14.3.